The number of ether oxygens (including phenoxy) is 5. The number of hydrogen-bond acceptors (Lipinski definition) is 14. The van der Waals surface area contributed by atoms with E-state index in [0.29, 0.717) is 24.0 Å². The summed E-state index contributed by atoms with van der Waals surface area (Å²) in [6.07, 6.45) is 0.362. The molecule has 5 fully saturated rings. The lowest BCUT2D eigenvalue weighted by molar-refractivity contribution is -0.244. The largest absolute Gasteiger partial charge is 0.461 e. The van der Waals surface area contributed by atoms with Gasteiger partial charge in [0.1, 0.15) is 31.5 Å². The summed E-state index contributed by atoms with van der Waals surface area (Å²) in [5.74, 6) is -8.71. The Morgan fingerprint density at radius 3 is 2.21 bits per heavy atom. The number of hydrogen-bond donors (Lipinski definition) is 4. The highest BCUT2D eigenvalue weighted by Crippen LogP contribution is 2.84. The summed E-state index contributed by atoms with van der Waals surface area (Å²) < 4.78 is 28.8. The highest BCUT2D eigenvalue weighted by molar-refractivity contribution is 5.98. The first-order chi connectivity index (χ1) is 24.9. The Hall–Kier alpha value is -3.85. The molecule has 14 heteroatoms. The summed E-state index contributed by atoms with van der Waals surface area (Å²) >= 11 is 0. The summed E-state index contributed by atoms with van der Waals surface area (Å²) in [5, 5.41) is 50.2. The van der Waals surface area contributed by atoms with E-state index in [9.17, 15) is 44.4 Å². The predicted molar refractivity (Wildman–Crippen MR) is 174 cm³/mol. The molecule has 0 aromatic heterocycles. The average molecular weight is 735 g/mol. The SMILES string of the molecule is CC1=C2C3=C4[C@](C)([C@@H]5C[C@@H]5[C@@]4(O)C[C@@H]4[C@]35OC(=O)C3=C5C[C@H]5[C@](O)(COC(=O)/C(C)=C/COC(=O)CCC(=O)OC3)[C@H]3C[C@H]3[C@]45C)[C@H](O)[C@]2(O)OC1=O. The van der Waals surface area contributed by atoms with E-state index in [1.165, 1.54) is 19.9 Å². The van der Waals surface area contributed by atoms with E-state index >= 15 is 0 Å². The van der Waals surface area contributed by atoms with Crippen molar-refractivity contribution < 1.29 is 68.1 Å². The van der Waals surface area contributed by atoms with E-state index in [1.54, 1.807) is 6.92 Å². The van der Waals surface area contributed by atoms with Gasteiger partial charge in [-0.25, -0.2) is 14.4 Å². The van der Waals surface area contributed by atoms with Gasteiger partial charge < -0.3 is 44.1 Å². The Morgan fingerprint density at radius 1 is 0.774 bits per heavy atom. The quantitative estimate of drug-likeness (QED) is 0.202. The van der Waals surface area contributed by atoms with Gasteiger partial charge in [-0.3, -0.25) is 9.59 Å². The van der Waals surface area contributed by atoms with Gasteiger partial charge in [-0.05, 0) is 85.8 Å². The van der Waals surface area contributed by atoms with Crippen LogP contribution in [0.5, 0.6) is 0 Å². The third-order valence-corrected chi connectivity index (χ3v) is 15.6. The molecule has 3 heterocycles. The smallest absolute Gasteiger partial charge is 0.338 e. The molecule has 14 nitrogen and oxygen atoms in total. The molecule has 282 valence electrons. The van der Waals surface area contributed by atoms with Crippen LogP contribution in [-0.2, 0) is 47.7 Å². The fourth-order valence-electron chi connectivity index (χ4n) is 13.2. The lowest BCUT2D eigenvalue weighted by Crippen LogP contribution is -2.69. The maximum Gasteiger partial charge on any atom is 0.338 e. The summed E-state index contributed by atoms with van der Waals surface area (Å²) in [6, 6.07) is 0. The molecular weight excluding hydrogens is 692 g/mol. The van der Waals surface area contributed by atoms with Crippen LogP contribution in [0.2, 0.25) is 0 Å². The van der Waals surface area contributed by atoms with Crippen molar-refractivity contribution in [3.63, 3.8) is 0 Å². The Bertz CT molecular complexity index is 2020. The van der Waals surface area contributed by atoms with Crippen LogP contribution in [0.1, 0.15) is 66.2 Å². The maximum atomic E-state index is 14.4. The zero-order valence-corrected chi connectivity index (χ0v) is 29.9. The van der Waals surface area contributed by atoms with Gasteiger partial charge in [-0.15, -0.1) is 0 Å². The first-order valence-corrected chi connectivity index (χ1v) is 18.6. The molecule has 5 saturated carbocycles. The van der Waals surface area contributed by atoms with Crippen molar-refractivity contribution in [2.75, 3.05) is 19.8 Å². The van der Waals surface area contributed by atoms with Gasteiger partial charge in [-0.2, -0.15) is 0 Å². The number of carbonyl (C=O) groups excluding carboxylic acids is 5. The van der Waals surface area contributed by atoms with E-state index in [4.69, 9.17) is 23.7 Å². The number of cyclic esters (lactones) is 3. The van der Waals surface area contributed by atoms with Crippen molar-refractivity contribution in [1.29, 1.82) is 0 Å². The average Bonchev–Trinajstić information content (AvgIpc) is 4.01. The number of fused-ring (bicyclic) bond motifs is 9. The summed E-state index contributed by atoms with van der Waals surface area (Å²) in [7, 11) is 0. The minimum absolute atomic E-state index is 0.00694. The molecule has 0 aromatic rings. The Morgan fingerprint density at radius 2 is 1.47 bits per heavy atom. The van der Waals surface area contributed by atoms with Crippen LogP contribution < -0.4 is 0 Å². The van der Waals surface area contributed by atoms with Crippen molar-refractivity contribution in [3.8, 4) is 0 Å². The van der Waals surface area contributed by atoms with E-state index < -0.39 is 87.8 Å². The van der Waals surface area contributed by atoms with Crippen molar-refractivity contribution in [1.82, 2.24) is 0 Å². The second kappa shape index (κ2) is 9.87. The van der Waals surface area contributed by atoms with Crippen LogP contribution in [-0.4, -0.2) is 98.8 Å². The van der Waals surface area contributed by atoms with Crippen molar-refractivity contribution in [2.45, 2.75) is 94.9 Å². The fourth-order valence-corrected chi connectivity index (χ4v) is 13.2. The molecular formula is C39H42O14. The van der Waals surface area contributed by atoms with Gasteiger partial charge in [0, 0.05) is 39.5 Å². The number of aliphatic hydroxyl groups excluding tert-OH is 1. The van der Waals surface area contributed by atoms with E-state index in [-0.39, 0.29) is 90.4 Å². The van der Waals surface area contributed by atoms with Gasteiger partial charge in [0.15, 0.2) is 5.60 Å². The Labute approximate surface area is 303 Å². The van der Waals surface area contributed by atoms with E-state index in [1.807, 2.05) is 6.92 Å². The van der Waals surface area contributed by atoms with Gasteiger partial charge in [0.2, 0.25) is 0 Å². The molecule has 0 amide bonds. The van der Waals surface area contributed by atoms with Gasteiger partial charge in [0.05, 0.1) is 24.0 Å². The molecule has 10 aliphatic rings. The molecule has 2 bridgehead atoms. The standard InChI is InChI=1S/C39H42O14/c1-15-7-8-49-25(40)5-6-26(41)50-13-17-18-11-23-34(3,19-9-22(19)37(23,47)14-51-30(15)42)24-12-36(46)21-10-20(21)35(4)29(36)28(38(18,24)52-32(17)44)27-16(2)31(43)53-39(27,48)33(35)45/h7,19-24,33,45-48H,5-6,8-14H2,1-4H3/b15-7+/t19-,20-,21+,22+,23-,24+,33+,34+,35+,36+,37+,38+,39-/m1/s1. The minimum Gasteiger partial charge on any atom is -0.461 e. The Kier molecular flexibility index (Phi) is 6.27. The van der Waals surface area contributed by atoms with E-state index in [0.717, 1.165) is 0 Å². The third kappa shape index (κ3) is 3.67. The number of rotatable bonds is 0. The molecule has 3 aliphatic heterocycles. The fraction of sp³-hybridized carbons (Fsp3) is 0.667. The second-order valence-electron chi connectivity index (χ2n) is 17.6. The van der Waals surface area contributed by atoms with Crippen LogP contribution in [0, 0.1) is 46.3 Å². The number of aliphatic hydroxyl groups is 4. The summed E-state index contributed by atoms with van der Waals surface area (Å²) in [5.41, 5.74) is -5.72. The van der Waals surface area contributed by atoms with Crippen LogP contribution in [0.4, 0.5) is 0 Å². The molecule has 0 aromatic carbocycles. The van der Waals surface area contributed by atoms with Gasteiger partial charge >= 0.3 is 29.8 Å². The van der Waals surface area contributed by atoms with Gasteiger partial charge in [-0.1, -0.05) is 13.8 Å². The molecule has 7 aliphatic carbocycles. The number of carbonyl (C=O) groups is 5. The highest BCUT2D eigenvalue weighted by Gasteiger charge is 2.87. The second-order valence-corrected chi connectivity index (χ2v) is 17.6. The van der Waals surface area contributed by atoms with Crippen molar-refractivity contribution >= 4 is 29.8 Å². The predicted octanol–water partition coefficient (Wildman–Crippen LogP) is 0.995. The molecule has 0 saturated heterocycles. The first kappa shape index (κ1) is 33.7. The zero-order chi connectivity index (χ0) is 37.6. The van der Waals surface area contributed by atoms with Crippen molar-refractivity contribution in [2.24, 2.45) is 46.3 Å². The zero-order valence-electron chi connectivity index (χ0n) is 29.9. The molecule has 13 atom stereocenters. The third-order valence-electron chi connectivity index (χ3n) is 15.6. The normalized spacial score (nSPS) is 51.7. The lowest BCUT2D eigenvalue weighted by atomic mass is 9.42. The topological polar surface area (TPSA) is 212 Å². The molecule has 0 unspecified atom stereocenters. The summed E-state index contributed by atoms with van der Waals surface area (Å²) in [6.45, 7) is 5.65. The summed E-state index contributed by atoms with van der Waals surface area (Å²) in [4.78, 5) is 66.3. The van der Waals surface area contributed by atoms with Crippen LogP contribution in [0.15, 0.2) is 45.1 Å². The first-order valence-electron chi connectivity index (χ1n) is 18.6. The Balaban J connectivity index is 1.21. The molecule has 4 N–H and O–H groups in total. The van der Waals surface area contributed by atoms with Crippen LogP contribution in [0.25, 0.3) is 0 Å². The lowest BCUT2D eigenvalue weighted by Gasteiger charge is -2.64. The molecule has 1 spiro atoms. The monoisotopic (exact) mass is 734 g/mol. The minimum atomic E-state index is -2.51. The molecule has 0 radical (unpaired) electrons. The van der Waals surface area contributed by atoms with Gasteiger partial charge in [0.25, 0.3) is 5.79 Å². The van der Waals surface area contributed by atoms with E-state index in [2.05, 4.69) is 0 Å². The maximum absolute atomic E-state index is 14.4. The van der Waals surface area contributed by atoms with Crippen LogP contribution >= 0.6 is 0 Å². The highest BCUT2D eigenvalue weighted by atomic mass is 16.7. The molecule has 53 heavy (non-hydrogen) atoms. The number of esters is 5. The molecule has 10 rings (SSSR count). The van der Waals surface area contributed by atoms with Crippen molar-refractivity contribution in [3.05, 3.63) is 45.1 Å². The van der Waals surface area contributed by atoms with Crippen LogP contribution in [0.3, 0.4) is 0 Å².